The molecule has 4 rings (SSSR count). The van der Waals surface area contributed by atoms with E-state index in [9.17, 15) is 4.79 Å². The lowest BCUT2D eigenvalue weighted by atomic mass is 9.93. The molecule has 4 N–H and O–H groups in total. The molecule has 7 nitrogen and oxygen atoms in total. The Hall–Kier alpha value is -2.45. The summed E-state index contributed by atoms with van der Waals surface area (Å²) in [6.45, 7) is 0.619. The molecular formula is C18H21N5O2S. The number of aromatic amines is 1. The van der Waals surface area contributed by atoms with Crippen molar-refractivity contribution in [2.45, 2.75) is 31.7 Å². The van der Waals surface area contributed by atoms with Crippen molar-refractivity contribution in [2.24, 2.45) is 0 Å². The van der Waals surface area contributed by atoms with Crippen molar-refractivity contribution in [1.29, 1.82) is 0 Å². The smallest absolute Gasteiger partial charge is 0.264 e. The van der Waals surface area contributed by atoms with Gasteiger partial charge >= 0.3 is 0 Å². The number of rotatable bonds is 7. The molecule has 2 heterocycles. The van der Waals surface area contributed by atoms with E-state index in [2.05, 4.69) is 25.6 Å². The number of benzene rings is 1. The first-order valence-corrected chi connectivity index (χ1v) is 9.68. The van der Waals surface area contributed by atoms with Crippen LogP contribution < -0.4 is 16.2 Å². The number of nitrogens with one attached hydrogen (secondary N) is 3. The normalized spacial score (nSPS) is 14.3. The van der Waals surface area contributed by atoms with E-state index >= 15 is 0 Å². The van der Waals surface area contributed by atoms with Gasteiger partial charge in [0.15, 0.2) is 0 Å². The van der Waals surface area contributed by atoms with Gasteiger partial charge in [0.1, 0.15) is 16.4 Å². The molecule has 0 radical (unpaired) electrons. The standard InChI is InChI=1S/C18H21N5O2S/c24-10-4-9-19-15-14(17-21-12-7-1-2-8-13(12)26-17)16(25)23-18(22-15)20-11-5-3-6-11/h1-2,7-8,11,24H,3-6,9-10H2,(H3,19,20,22,23,25). The summed E-state index contributed by atoms with van der Waals surface area (Å²) in [5.74, 6) is 0.985. The number of aromatic nitrogens is 3. The molecule has 26 heavy (non-hydrogen) atoms. The number of aliphatic hydroxyl groups excluding tert-OH is 1. The van der Waals surface area contributed by atoms with E-state index in [0.29, 0.717) is 41.3 Å². The number of hydrogen-bond acceptors (Lipinski definition) is 7. The Bertz CT molecular complexity index is 931. The van der Waals surface area contributed by atoms with Gasteiger partial charge in [-0.25, -0.2) is 4.98 Å². The maximum Gasteiger partial charge on any atom is 0.264 e. The Morgan fingerprint density at radius 3 is 2.85 bits per heavy atom. The minimum atomic E-state index is -0.215. The number of H-pyrrole nitrogens is 1. The number of thiazole rings is 1. The predicted octanol–water partition coefficient (Wildman–Crippen LogP) is 2.81. The fraction of sp³-hybridized carbons (Fsp3) is 0.389. The monoisotopic (exact) mass is 371 g/mol. The van der Waals surface area contributed by atoms with E-state index in [1.54, 1.807) is 0 Å². The first-order valence-electron chi connectivity index (χ1n) is 8.86. The van der Waals surface area contributed by atoms with Crippen molar-refractivity contribution >= 4 is 33.3 Å². The third kappa shape index (κ3) is 3.42. The molecule has 0 atom stereocenters. The maximum atomic E-state index is 12.8. The van der Waals surface area contributed by atoms with Crippen LogP contribution in [0.15, 0.2) is 29.1 Å². The molecule has 8 heteroatoms. The average Bonchev–Trinajstić information content (AvgIpc) is 3.01. The van der Waals surface area contributed by atoms with Gasteiger partial charge in [0.2, 0.25) is 5.95 Å². The van der Waals surface area contributed by atoms with Crippen LogP contribution >= 0.6 is 11.3 Å². The zero-order valence-corrected chi connectivity index (χ0v) is 15.1. The van der Waals surface area contributed by atoms with Crippen LogP contribution in [0, 0.1) is 0 Å². The Balaban J connectivity index is 1.73. The lowest BCUT2D eigenvalue weighted by Crippen LogP contribution is -2.29. The van der Waals surface area contributed by atoms with E-state index in [1.807, 2.05) is 24.3 Å². The molecule has 1 saturated carbocycles. The molecule has 0 saturated heterocycles. The van der Waals surface area contributed by atoms with Crippen LogP contribution in [0.2, 0.25) is 0 Å². The van der Waals surface area contributed by atoms with Gasteiger partial charge in [-0.15, -0.1) is 11.3 Å². The zero-order chi connectivity index (χ0) is 17.9. The van der Waals surface area contributed by atoms with Crippen molar-refractivity contribution in [1.82, 2.24) is 15.0 Å². The Morgan fingerprint density at radius 2 is 2.12 bits per heavy atom. The van der Waals surface area contributed by atoms with Gasteiger partial charge in [0.25, 0.3) is 5.56 Å². The molecule has 0 spiro atoms. The highest BCUT2D eigenvalue weighted by molar-refractivity contribution is 7.21. The van der Waals surface area contributed by atoms with Gasteiger partial charge in [-0.2, -0.15) is 4.98 Å². The van der Waals surface area contributed by atoms with Crippen LogP contribution in [0.5, 0.6) is 0 Å². The van der Waals surface area contributed by atoms with Crippen molar-refractivity contribution in [3.8, 4) is 10.6 Å². The minimum absolute atomic E-state index is 0.0832. The largest absolute Gasteiger partial charge is 0.396 e. The lowest BCUT2D eigenvalue weighted by molar-refractivity contribution is 0.292. The van der Waals surface area contributed by atoms with Crippen LogP contribution in [-0.4, -0.2) is 39.3 Å². The molecule has 1 aromatic carbocycles. The number of para-hydroxylation sites is 1. The molecule has 136 valence electrons. The topological polar surface area (TPSA) is 103 Å². The quantitative estimate of drug-likeness (QED) is 0.476. The molecule has 1 aliphatic rings. The van der Waals surface area contributed by atoms with Crippen molar-refractivity contribution < 1.29 is 5.11 Å². The first kappa shape index (κ1) is 17.0. The van der Waals surface area contributed by atoms with Gasteiger partial charge < -0.3 is 15.7 Å². The summed E-state index contributed by atoms with van der Waals surface area (Å²) < 4.78 is 1.03. The first-order chi connectivity index (χ1) is 12.7. The predicted molar refractivity (Wildman–Crippen MR) is 105 cm³/mol. The van der Waals surface area contributed by atoms with Gasteiger partial charge in [-0.05, 0) is 37.8 Å². The highest BCUT2D eigenvalue weighted by Gasteiger charge is 2.21. The molecule has 1 aliphatic carbocycles. The summed E-state index contributed by atoms with van der Waals surface area (Å²) in [4.78, 5) is 24.8. The van der Waals surface area contributed by atoms with Crippen LogP contribution in [-0.2, 0) is 0 Å². The molecule has 2 aromatic heterocycles. The minimum Gasteiger partial charge on any atom is -0.396 e. The summed E-state index contributed by atoms with van der Waals surface area (Å²) in [5, 5.41) is 16.1. The van der Waals surface area contributed by atoms with Crippen LogP contribution in [0.25, 0.3) is 20.8 Å². The SMILES string of the molecule is O=c1[nH]c(NC2CCC2)nc(NCCCO)c1-c1nc2ccccc2s1. The van der Waals surface area contributed by atoms with E-state index in [1.165, 1.54) is 17.8 Å². The van der Waals surface area contributed by atoms with E-state index in [4.69, 9.17) is 5.11 Å². The van der Waals surface area contributed by atoms with Gasteiger partial charge in [-0.3, -0.25) is 9.78 Å². The number of anilines is 2. The van der Waals surface area contributed by atoms with Gasteiger partial charge in [0.05, 0.1) is 10.2 Å². The van der Waals surface area contributed by atoms with E-state index < -0.39 is 0 Å². The number of nitrogens with zero attached hydrogens (tertiary/aromatic N) is 2. The zero-order valence-electron chi connectivity index (χ0n) is 14.3. The van der Waals surface area contributed by atoms with Gasteiger partial charge in [-0.1, -0.05) is 12.1 Å². The highest BCUT2D eigenvalue weighted by atomic mass is 32.1. The summed E-state index contributed by atoms with van der Waals surface area (Å²) in [6.07, 6.45) is 3.97. The molecule has 1 fully saturated rings. The summed E-state index contributed by atoms with van der Waals surface area (Å²) in [7, 11) is 0. The molecule has 0 bridgehead atoms. The summed E-state index contributed by atoms with van der Waals surface area (Å²) in [5.41, 5.74) is 1.10. The van der Waals surface area contributed by atoms with Gasteiger partial charge in [0, 0.05) is 19.2 Å². The molecule has 0 aliphatic heterocycles. The highest BCUT2D eigenvalue weighted by Crippen LogP contribution is 2.32. The second-order valence-corrected chi connectivity index (χ2v) is 7.43. The second kappa shape index (κ2) is 7.43. The van der Waals surface area contributed by atoms with Crippen molar-refractivity contribution in [3.63, 3.8) is 0 Å². The number of fused-ring (bicyclic) bond motifs is 1. The summed E-state index contributed by atoms with van der Waals surface area (Å²) in [6, 6.07) is 8.18. The average molecular weight is 371 g/mol. The fourth-order valence-corrected chi connectivity index (χ4v) is 3.89. The number of aliphatic hydroxyl groups is 1. The fourth-order valence-electron chi connectivity index (χ4n) is 2.88. The van der Waals surface area contributed by atoms with E-state index in [-0.39, 0.29) is 12.2 Å². The lowest BCUT2D eigenvalue weighted by Gasteiger charge is -2.26. The second-order valence-electron chi connectivity index (χ2n) is 6.40. The molecular weight excluding hydrogens is 350 g/mol. The number of hydrogen-bond donors (Lipinski definition) is 4. The summed E-state index contributed by atoms with van der Waals surface area (Å²) >= 11 is 1.47. The Labute approximate surface area is 154 Å². The van der Waals surface area contributed by atoms with Crippen molar-refractivity contribution in [2.75, 3.05) is 23.8 Å². The van der Waals surface area contributed by atoms with Crippen LogP contribution in [0.3, 0.4) is 0 Å². The maximum absolute atomic E-state index is 12.8. The molecule has 0 unspecified atom stereocenters. The van der Waals surface area contributed by atoms with E-state index in [0.717, 1.165) is 23.1 Å². The Kier molecular flexibility index (Phi) is 4.85. The van der Waals surface area contributed by atoms with Crippen LogP contribution in [0.4, 0.5) is 11.8 Å². The third-order valence-electron chi connectivity index (χ3n) is 4.50. The molecule has 0 amide bonds. The van der Waals surface area contributed by atoms with Crippen LogP contribution in [0.1, 0.15) is 25.7 Å². The molecule has 3 aromatic rings. The van der Waals surface area contributed by atoms with Crippen molar-refractivity contribution in [3.05, 3.63) is 34.6 Å². The Morgan fingerprint density at radius 1 is 1.27 bits per heavy atom. The third-order valence-corrected chi connectivity index (χ3v) is 5.55.